The van der Waals surface area contributed by atoms with Gasteiger partial charge in [-0.3, -0.25) is 14.5 Å². The van der Waals surface area contributed by atoms with Crippen LogP contribution in [0.15, 0.2) is 18.2 Å². The van der Waals surface area contributed by atoms with Crippen LogP contribution in [0.25, 0.3) is 0 Å². The summed E-state index contributed by atoms with van der Waals surface area (Å²) in [5.74, 6) is 0.933. The molecule has 6 nitrogen and oxygen atoms in total. The van der Waals surface area contributed by atoms with Gasteiger partial charge in [0.25, 0.3) is 0 Å². The maximum Gasteiger partial charge on any atom is 0.121 e. The molecule has 1 aliphatic heterocycles. The molecule has 30 heavy (non-hydrogen) atoms. The van der Waals surface area contributed by atoms with Crippen LogP contribution in [-0.4, -0.2) is 64.1 Å². The molecule has 3 rings (SSSR count). The maximum atomic E-state index is 9.67. The number of rotatable bonds is 8. The number of aliphatic hydroxyl groups is 1. The summed E-state index contributed by atoms with van der Waals surface area (Å²) >= 11 is 0. The van der Waals surface area contributed by atoms with E-state index < -0.39 is 0 Å². The normalized spacial score (nSPS) is 18.3. The molecule has 0 radical (unpaired) electrons. The molecule has 0 amide bonds. The van der Waals surface area contributed by atoms with Crippen molar-refractivity contribution in [2.45, 2.75) is 66.2 Å². The number of methoxy groups -OCH3 is 1. The summed E-state index contributed by atoms with van der Waals surface area (Å²) in [5, 5.41) is 14.4. The minimum Gasteiger partial charge on any atom is -0.496 e. The van der Waals surface area contributed by atoms with Crippen LogP contribution in [0, 0.1) is 20.8 Å². The van der Waals surface area contributed by atoms with Crippen LogP contribution in [-0.2, 0) is 13.1 Å². The molecular formula is C24H38N4O2. The van der Waals surface area contributed by atoms with E-state index in [0.717, 1.165) is 50.6 Å². The molecule has 0 bridgehead atoms. The van der Waals surface area contributed by atoms with Gasteiger partial charge in [0.05, 0.1) is 12.8 Å². The monoisotopic (exact) mass is 414 g/mol. The Kier molecular flexibility index (Phi) is 7.55. The lowest BCUT2D eigenvalue weighted by molar-refractivity contribution is 0.0497. The highest BCUT2D eigenvalue weighted by molar-refractivity contribution is 5.36. The van der Waals surface area contributed by atoms with Crippen molar-refractivity contribution in [3.8, 4) is 5.75 Å². The van der Waals surface area contributed by atoms with Crippen molar-refractivity contribution >= 4 is 0 Å². The molecule has 1 aromatic carbocycles. The molecule has 0 spiro atoms. The first-order valence-electron chi connectivity index (χ1n) is 11.1. The van der Waals surface area contributed by atoms with Gasteiger partial charge in [-0.25, -0.2) is 0 Å². The topological polar surface area (TPSA) is 53.8 Å². The molecule has 0 unspecified atom stereocenters. The number of piperazine rings is 1. The summed E-state index contributed by atoms with van der Waals surface area (Å²) in [5.41, 5.74) is 6.23. The number of aliphatic hydroxyl groups excluding tert-OH is 1. The maximum absolute atomic E-state index is 9.67. The SMILES string of the molecule is COc1ccc(CN2CCN(Cc3c(C)nn(C(C)C)c3C)C[C@H]2CCO)cc1C. The zero-order chi connectivity index (χ0) is 21.8. The molecule has 1 fully saturated rings. The van der Waals surface area contributed by atoms with Crippen LogP contribution in [0.3, 0.4) is 0 Å². The number of nitrogens with zero attached hydrogens (tertiary/aromatic N) is 4. The largest absolute Gasteiger partial charge is 0.496 e. The van der Waals surface area contributed by atoms with E-state index in [9.17, 15) is 5.11 Å². The molecule has 1 N–H and O–H groups in total. The summed E-state index contributed by atoms with van der Waals surface area (Å²) in [6, 6.07) is 7.16. The van der Waals surface area contributed by atoms with Crippen LogP contribution < -0.4 is 4.74 Å². The number of benzene rings is 1. The fraction of sp³-hybridized carbons (Fsp3) is 0.625. The van der Waals surface area contributed by atoms with E-state index >= 15 is 0 Å². The molecule has 2 heterocycles. The van der Waals surface area contributed by atoms with Gasteiger partial charge in [-0.15, -0.1) is 0 Å². The molecule has 1 aliphatic rings. The highest BCUT2D eigenvalue weighted by atomic mass is 16.5. The molecule has 6 heteroatoms. The standard InChI is InChI=1S/C24H38N4O2/c1-17(2)28-20(5)23(19(4)25-28)16-26-10-11-27(22(15-26)9-12-29)14-21-7-8-24(30-6)18(3)13-21/h7-8,13,17,22,29H,9-12,14-16H2,1-6H3/t22-/m1/s1. The second kappa shape index (κ2) is 9.94. The Balaban J connectivity index is 1.69. The average Bonchev–Trinajstić information content (AvgIpc) is 2.99. The number of hydrogen-bond acceptors (Lipinski definition) is 5. The minimum absolute atomic E-state index is 0.222. The van der Waals surface area contributed by atoms with Crippen LogP contribution >= 0.6 is 0 Å². The first-order valence-corrected chi connectivity index (χ1v) is 11.1. The van der Waals surface area contributed by atoms with Crippen LogP contribution in [0.4, 0.5) is 0 Å². The van der Waals surface area contributed by atoms with Crippen molar-refractivity contribution in [2.24, 2.45) is 0 Å². The molecule has 2 aromatic rings. The van der Waals surface area contributed by atoms with Gasteiger partial charge in [0.1, 0.15) is 5.75 Å². The first-order chi connectivity index (χ1) is 14.3. The Labute approximate surface area is 181 Å². The molecular weight excluding hydrogens is 376 g/mol. The van der Waals surface area contributed by atoms with Gasteiger partial charge in [-0.05, 0) is 58.2 Å². The fourth-order valence-corrected chi connectivity index (χ4v) is 4.66. The van der Waals surface area contributed by atoms with Gasteiger partial charge in [-0.2, -0.15) is 5.10 Å². The smallest absolute Gasteiger partial charge is 0.121 e. The van der Waals surface area contributed by atoms with Gasteiger partial charge in [0.2, 0.25) is 0 Å². The number of ether oxygens (including phenoxy) is 1. The predicted octanol–water partition coefficient (Wildman–Crippen LogP) is 3.47. The molecule has 1 atom stereocenters. The number of aryl methyl sites for hydroxylation is 2. The van der Waals surface area contributed by atoms with Gasteiger partial charge in [-0.1, -0.05) is 12.1 Å². The quantitative estimate of drug-likeness (QED) is 0.717. The van der Waals surface area contributed by atoms with E-state index in [-0.39, 0.29) is 6.61 Å². The predicted molar refractivity (Wildman–Crippen MR) is 121 cm³/mol. The minimum atomic E-state index is 0.222. The third-order valence-corrected chi connectivity index (χ3v) is 6.34. The third kappa shape index (κ3) is 5.05. The van der Waals surface area contributed by atoms with E-state index in [1.807, 2.05) is 0 Å². The van der Waals surface area contributed by atoms with E-state index in [2.05, 4.69) is 67.3 Å². The van der Waals surface area contributed by atoms with E-state index in [4.69, 9.17) is 9.84 Å². The van der Waals surface area contributed by atoms with Crippen molar-refractivity contribution in [2.75, 3.05) is 33.4 Å². The van der Waals surface area contributed by atoms with Crippen molar-refractivity contribution in [1.82, 2.24) is 19.6 Å². The number of hydrogen-bond donors (Lipinski definition) is 1. The summed E-state index contributed by atoms with van der Waals surface area (Å²) in [6.07, 6.45) is 0.800. The molecule has 0 aliphatic carbocycles. The fourth-order valence-electron chi connectivity index (χ4n) is 4.66. The van der Waals surface area contributed by atoms with Gasteiger partial charge in [0, 0.05) is 62.7 Å². The second-order valence-electron chi connectivity index (χ2n) is 8.86. The zero-order valence-corrected chi connectivity index (χ0v) is 19.5. The van der Waals surface area contributed by atoms with Crippen LogP contribution in [0.2, 0.25) is 0 Å². The Morgan fingerprint density at radius 1 is 1.17 bits per heavy atom. The molecule has 166 valence electrons. The van der Waals surface area contributed by atoms with E-state index in [1.54, 1.807) is 7.11 Å². The molecule has 1 saturated heterocycles. The second-order valence-corrected chi connectivity index (χ2v) is 8.86. The van der Waals surface area contributed by atoms with Gasteiger partial charge in [0.15, 0.2) is 0 Å². The van der Waals surface area contributed by atoms with Crippen molar-refractivity contribution in [1.29, 1.82) is 0 Å². The van der Waals surface area contributed by atoms with Crippen molar-refractivity contribution in [3.05, 3.63) is 46.3 Å². The van der Waals surface area contributed by atoms with Crippen molar-refractivity contribution < 1.29 is 9.84 Å². The summed E-state index contributed by atoms with van der Waals surface area (Å²) in [7, 11) is 1.72. The van der Waals surface area contributed by atoms with E-state index in [1.165, 1.54) is 22.4 Å². The van der Waals surface area contributed by atoms with Gasteiger partial charge >= 0.3 is 0 Å². The van der Waals surface area contributed by atoms with Gasteiger partial charge < -0.3 is 9.84 Å². The highest BCUT2D eigenvalue weighted by Gasteiger charge is 2.28. The lowest BCUT2D eigenvalue weighted by atomic mass is 10.0. The Morgan fingerprint density at radius 3 is 2.53 bits per heavy atom. The zero-order valence-electron chi connectivity index (χ0n) is 19.5. The summed E-state index contributed by atoms with van der Waals surface area (Å²) in [4.78, 5) is 5.04. The summed E-state index contributed by atoms with van der Waals surface area (Å²) < 4.78 is 7.53. The molecule has 0 saturated carbocycles. The number of aromatic nitrogens is 2. The lowest BCUT2D eigenvalue weighted by Gasteiger charge is -2.41. The first kappa shape index (κ1) is 22.8. The Bertz CT molecular complexity index is 846. The Morgan fingerprint density at radius 2 is 1.93 bits per heavy atom. The Hall–Kier alpha value is -1.89. The highest BCUT2D eigenvalue weighted by Crippen LogP contribution is 2.24. The van der Waals surface area contributed by atoms with Crippen LogP contribution in [0.1, 0.15) is 54.4 Å². The van der Waals surface area contributed by atoms with Crippen LogP contribution in [0.5, 0.6) is 5.75 Å². The van der Waals surface area contributed by atoms with Crippen molar-refractivity contribution in [3.63, 3.8) is 0 Å². The average molecular weight is 415 g/mol. The lowest BCUT2D eigenvalue weighted by Crippen LogP contribution is -2.52. The van der Waals surface area contributed by atoms with E-state index in [0.29, 0.717) is 12.1 Å². The third-order valence-electron chi connectivity index (χ3n) is 6.34. The molecule has 1 aromatic heterocycles. The summed E-state index contributed by atoms with van der Waals surface area (Å²) in [6.45, 7) is 15.8.